The largest absolute Gasteiger partial charge is 0.494 e. The average Bonchev–Trinajstić information content (AvgIpc) is 2.55. The van der Waals surface area contributed by atoms with Crippen molar-refractivity contribution in [2.75, 3.05) is 19.8 Å². The van der Waals surface area contributed by atoms with Gasteiger partial charge in [0.25, 0.3) is 0 Å². The van der Waals surface area contributed by atoms with Gasteiger partial charge in [0.15, 0.2) is 0 Å². The topological polar surface area (TPSA) is 64.6 Å². The maximum absolute atomic E-state index is 12.2. The van der Waals surface area contributed by atoms with E-state index < -0.39 is 10.0 Å². The summed E-state index contributed by atoms with van der Waals surface area (Å²) in [5.74, 6) is 1.42. The number of sulfonamides is 1. The quantitative estimate of drug-likeness (QED) is 0.744. The second kappa shape index (κ2) is 8.17. The van der Waals surface area contributed by atoms with Gasteiger partial charge in [0.05, 0.1) is 11.5 Å². The van der Waals surface area contributed by atoms with Crippen molar-refractivity contribution in [3.05, 3.63) is 53.6 Å². The monoisotopic (exact) mass is 349 g/mol. The number of ether oxygens (including phenoxy) is 2. The number of benzene rings is 2. The zero-order valence-corrected chi connectivity index (χ0v) is 15.0. The molecule has 0 aliphatic carbocycles. The minimum absolute atomic E-state index is 0.197. The van der Waals surface area contributed by atoms with Gasteiger partial charge in [0.2, 0.25) is 10.0 Å². The van der Waals surface area contributed by atoms with Crippen molar-refractivity contribution >= 4 is 10.0 Å². The Labute approximate surface area is 143 Å². The van der Waals surface area contributed by atoms with Crippen LogP contribution in [-0.4, -0.2) is 28.2 Å². The molecule has 0 saturated carbocycles. The third-order valence-corrected chi connectivity index (χ3v) is 4.92. The third kappa shape index (κ3) is 4.97. The Bertz CT molecular complexity index is 770. The molecule has 0 bridgehead atoms. The van der Waals surface area contributed by atoms with E-state index in [1.807, 2.05) is 39.0 Å². The molecular formula is C18H23NO4S. The number of hydrogen-bond acceptors (Lipinski definition) is 4. The van der Waals surface area contributed by atoms with Crippen LogP contribution in [0.25, 0.3) is 0 Å². The summed E-state index contributed by atoms with van der Waals surface area (Å²) < 4.78 is 37.9. The minimum Gasteiger partial charge on any atom is -0.494 e. The predicted molar refractivity (Wildman–Crippen MR) is 94.2 cm³/mol. The lowest BCUT2D eigenvalue weighted by atomic mass is 10.1. The van der Waals surface area contributed by atoms with E-state index in [1.54, 1.807) is 12.1 Å². The molecule has 0 unspecified atom stereocenters. The molecule has 0 aliphatic heterocycles. The Morgan fingerprint density at radius 2 is 1.71 bits per heavy atom. The molecule has 130 valence electrons. The van der Waals surface area contributed by atoms with Gasteiger partial charge in [-0.15, -0.1) is 0 Å². The van der Waals surface area contributed by atoms with Gasteiger partial charge < -0.3 is 9.47 Å². The van der Waals surface area contributed by atoms with Gasteiger partial charge in [0.1, 0.15) is 18.1 Å². The summed E-state index contributed by atoms with van der Waals surface area (Å²) in [6, 6.07) is 12.3. The first kappa shape index (κ1) is 18.3. The van der Waals surface area contributed by atoms with Crippen LogP contribution < -0.4 is 14.2 Å². The first-order chi connectivity index (χ1) is 11.4. The first-order valence-corrected chi connectivity index (χ1v) is 9.33. The predicted octanol–water partition coefficient (Wildman–Crippen LogP) is 3.06. The highest BCUT2D eigenvalue weighted by Crippen LogP contribution is 2.19. The summed E-state index contributed by atoms with van der Waals surface area (Å²) in [6.45, 7) is 6.82. The minimum atomic E-state index is -3.55. The number of hydrogen-bond donors (Lipinski definition) is 1. The SMILES string of the molecule is CCOc1ccc(S(=O)(=O)NCCOc2cc(C)ccc2C)cc1. The first-order valence-electron chi connectivity index (χ1n) is 7.85. The normalized spacial score (nSPS) is 11.3. The Hall–Kier alpha value is -2.05. The summed E-state index contributed by atoms with van der Waals surface area (Å²) in [5.41, 5.74) is 2.13. The maximum atomic E-state index is 12.2. The molecule has 2 aromatic rings. The molecule has 5 nitrogen and oxygen atoms in total. The molecule has 0 amide bonds. The van der Waals surface area contributed by atoms with Crippen molar-refractivity contribution in [2.24, 2.45) is 0 Å². The molecule has 0 radical (unpaired) electrons. The van der Waals surface area contributed by atoms with Crippen LogP contribution in [0, 0.1) is 13.8 Å². The molecule has 0 spiro atoms. The fourth-order valence-corrected chi connectivity index (χ4v) is 3.18. The molecule has 0 heterocycles. The summed E-state index contributed by atoms with van der Waals surface area (Å²) in [7, 11) is -3.55. The summed E-state index contributed by atoms with van der Waals surface area (Å²) in [5, 5.41) is 0. The molecule has 0 aliphatic rings. The Kier molecular flexibility index (Phi) is 6.23. The fraction of sp³-hybridized carbons (Fsp3) is 0.333. The van der Waals surface area contributed by atoms with E-state index in [0.29, 0.717) is 12.4 Å². The standard InChI is InChI=1S/C18H23NO4S/c1-4-22-16-7-9-17(10-8-16)24(20,21)19-11-12-23-18-13-14(2)5-6-15(18)3/h5-10,13,19H,4,11-12H2,1-3H3. The van der Waals surface area contributed by atoms with Crippen molar-refractivity contribution in [3.8, 4) is 11.5 Å². The van der Waals surface area contributed by atoms with Gasteiger partial charge >= 0.3 is 0 Å². The van der Waals surface area contributed by atoms with Crippen LogP contribution in [0.2, 0.25) is 0 Å². The van der Waals surface area contributed by atoms with Crippen LogP contribution in [0.4, 0.5) is 0 Å². The summed E-state index contributed by atoms with van der Waals surface area (Å²) in [6.07, 6.45) is 0. The molecular weight excluding hydrogens is 326 g/mol. The molecule has 2 rings (SSSR count). The maximum Gasteiger partial charge on any atom is 0.240 e. The highest BCUT2D eigenvalue weighted by molar-refractivity contribution is 7.89. The molecule has 0 saturated heterocycles. The summed E-state index contributed by atoms with van der Waals surface area (Å²) >= 11 is 0. The zero-order chi connectivity index (χ0) is 17.6. The van der Waals surface area contributed by atoms with Crippen molar-refractivity contribution in [2.45, 2.75) is 25.7 Å². The van der Waals surface area contributed by atoms with Crippen LogP contribution in [0.3, 0.4) is 0 Å². The molecule has 0 aromatic heterocycles. The smallest absolute Gasteiger partial charge is 0.240 e. The summed E-state index contributed by atoms with van der Waals surface area (Å²) in [4.78, 5) is 0.206. The molecule has 24 heavy (non-hydrogen) atoms. The fourth-order valence-electron chi connectivity index (χ4n) is 2.16. The Morgan fingerprint density at radius 3 is 2.38 bits per heavy atom. The Morgan fingerprint density at radius 1 is 1.00 bits per heavy atom. The van der Waals surface area contributed by atoms with Gasteiger partial charge in [-0.05, 0) is 62.2 Å². The van der Waals surface area contributed by atoms with Gasteiger partial charge in [-0.25, -0.2) is 13.1 Å². The average molecular weight is 349 g/mol. The van der Waals surface area contributed by atoms with Crippen LogP contribution in [0.5, 0.6) is 11.5 Å². The van der Waals surface area contributed by atoms with Crippen LogP contribution in [0.15, 0.2) is 47.4 Å². The van der Waals surface area contributed by atoms with Gasteiger partial charge in [-0.1, -0.05) is 12.1 Å². The number of rotatable bonds is 8. The molecule has 1 N–H and O–H groups in total. The van der Waals surface area contributed by atoms with Gasteiger partial charge in [-0.3, -0.25) is 0 Å². The van der Waals surface area contributed by atoms with E-state index in [-0.39, 0.29) is 18.0 Å². The second-order valence-electron chi connectivity index (χ2n) is 5.42. The van der Waals surface area contributed by atoms with Crippen LogP contribution in [0.1, 0.15) is 18.1 Å². The molecule has 0 fully saturated rings. The van der Waals surface area contributed by atoms with Crippen LogP contribution in [-0.2, 0) is 10.0 Å². The highest BCUT2D eigenvalue weighted by atomic mass is 32.2. The Balaban J connectivity index is 1.89. The molecule has 2 aromatic carbocycles. The lowest BCUT2D eigenvalue weighted by Crippen LogP contribution is -2.28. The highest BCUT2D eigenvalue weighted by Gasteiger charge is 2.13. The van der Waals surface area contributed by atoms with E-state index >= 15 is 0 Å². The van der Waals surface area contributed by atoms with Gasteiger partial charge in [0, 0.05) is 6.54 Å². The second-order valence-corrected chi connectivity index (χ2v) is 7.19. The van der Waals surface area contributed by atoms with Crippen molar-refractivity contribution in [1.82, 2.24) is 4.72 Å². The van der Waals surface area contributed by atoms with E-state index in [1.165, 1.54) is 12.1 Å². The van der Waals surface area contributed by atoms with E-state index in [9.17, 15) is 8.42 Å². The molecule has 0 atom stereocenters. The van der Waals surface area contributed by atoms with Gasteiger partial charge in [-0.2, -0.15) is 0 Å². The molecule has 6 heteroatoms. The zero-order valence-electron chi connectivity index (χ0n) is 14.2. The van der Waals surface area contributed by atoms with Crippen molar-refractivity contribution in [3.63, 3.8) is 0 Å². The van der Waals surface area contributed by atoms with E-state index in [2.05, 4.69) is 4.72 Å². The third-order valence-electron chi connectivity index (χ3n) is 3.44. The van der Waals surface area contributed by atoms with E-state index in [0.717, 1.165) is 16.9 Å². The van der Waals surface area contributed by atoms with Crippen molar-refractivity contribution in [1.29, 1.82) is 0 Å². The van der Waals surface area contributed by atoms with Crippen molar-refractivity contribution < 1.29 is 17.9 Å². The number of aryl methyl sites for hydroxylation is 2. The lowest BCUT2D eigenvalue weighted by molar-refractivity contribution is 0.320. The lowest BCUT2D eigenvalue weighted by Gasteiger charge is -2.11. The van der Waals surface area contributed by atoms with E-state index in [4.69, 9.17) is 9.47 Å². The number of nitrogens with one attached hydrogen (secondary N) is 1. The van der Waals surface area contributed by atoms with Crippen LogP contribution >= 0.6 is 0 Å².